The van der Waals surface area contributed by atoms with Gasteiger partial charge in [0.2, 0.25) is 0 Å². The molecule has 0 saturated heterocycles. The SMILES string of the molecule is CC(CN)c1nc2c(c(=O)[nH]1)CCCC2. The molecule has 0 saturated carbocycles. The fourth-order valence-corrected chi connectivity index (χ4v) is 1.97. The van der Waals surface area contributed by atoms with Crippen molar-refractivity contribution in [2.75, 3.05) is 6.54 Å². The van der Waals surface area contributed by atoms with E-state index in [4.69, 9.17) is 5.73 Å². The molecule has 15 heavy (non-hydrogen) atoms. The van der Waals surface area contributed by atoms with Crippen LogP contribution in [0.5, 0.6) is 0 Å². The van der Waals surface area contributed by atoms with Crippen LogP contribution in [-0.4, -0.2) is 16.5 Å². The Balaban J connectivity index is 2.45. The molecule has 3 N–H and O–H groups in total. The predicted octanol–water partition coefficient (Wildman–Crippen LogP) is 0.711. The molecule has 82 valence electrons. The van der Waals surface area contributed by atoms with Crippen LogP contribution in [0.2, 0.25) is 0 Å². The average Bonchev–Trinajstić information content (AvgIpc) is 2.28. The van der Waals surface area contributed by atoms with Crippen molar-refractivity contribution >= 4 is 0 Å². The molecule has 0 spiro atoms. The molecule has 2 rings (SSSR count). The van der Waals surface area contributed by atoms with Crippen molar-refractivity contribution in [1.29, 1.82) is 0 Å². The van der Waals surface area contributed by atoms with Crippen LogP contribution in [0, 0.1) is 0 Å². The van der Waals surface area contributed by atoms with Crippen molar-refractivity contribution in [3.05, 3.63) is 27.4 Å². The van der Waals surface area contributed by atoms with Gasteiger partial charge in [0.25, 0.3) is 5.56 Å². The number of aromatic amines is 1. The van der Waals surface area contributed by atoms with Gasteiger partial charge in [-0.15, -0.1) is 0 Å². The Morgan fingerprint density at radius 3 is 2.93 bits per heavy atom. The van der Waals surface area contributed by atoms with E-state index in [1.54, 1.807) is 0 Å². The van der Waals surface area contributed by atoms with E-state index in [-0.39, 0.29) is 11.5 Å². The molecule has 0 fully saturated rings. The first-order valence-electron chi connectivity index (χ1n) is 5.54. The molecule has 0 aromatic carbocycles. The maximum atomic E-state index is 11.8. The normalized spacial score (nSPS) is 17.2. The number of fused-ring (bicyclic) bond motifs is 1. The molecule has 4 nitrogen and oxygen atoms in total. The van der Waals surface area contributed by atoms with Crippen molar-refractivity contribution in [2.45, 2.75) is 38.5 Å². The quantitative estimate of drug-likeness (QED) is 0.750. The second-order valence-electron chi connectivity index (χ2n) is 4.22. The van der Waals surface area contributed by atoms with Crippen LogP contribution in [0.3, 0.4) is 0 Å². The highest BCUT2D eigenvalue weighted by molar-refractivity contribution is 5.21. The first-order valence-corrected chi connectivity index (χ1v) is 5.54. The van der Waals surface area contributed by atoms with Gasteiger partial charge in [0.05, 0.1) is 5.69 Å². The lowest BCUT2D eigenvalue weighted by Crippen LogP contribution is -2.25. The number of nitrogens with one attached hydrogen (secondary N) is 1. The lowest BCUT2D eigenvalue weighted by Gasteiger charge is -2.16. The van der Waals surface area contributed by atoms with Crippen molar-refractivity contribution in [3.8, 4) is 0 Å². The highest BCUT2D eigenvalue weighted by Gasteiger charge is 2.17. The second kappa shape index (κ2) is 4.14. The van der Waals surface area contributed by atoms with Crippen molar-refractivity contribution in [3.63, 3.8) is 0 Å². The Labute approximate surface area is 88.9 Å². The van der Waals surface area contributed by atoms with Crippen LogP contribution in [0.1, 0.15) is 42.8 Å². The minimum absolute atomic E-state index is 0.0370. The van der Waals surface area contributed by atoms with Crippen LogP contribution in [0.25, 0.3) is 0 Å². The predicted molar refractivity (Wildman–Crippen MR) is 59.0 cm³/mol. The summed E-state index contributed by atoms with van der Waals surface area (Å²) in [6, 6.07) is 0. The first-order chi connectivity index (χ1) is 7.22. The van der Waals surface area contributed by atoms with E-state index in [0.29, 0.717) is 6.54 Å². The minimum atomic E-state index is 0.0370. The van der Waals surface area contributed by atoms with Crippen LogP contribution >= 0.6 is 0 Å². The molecular formula is C11H17N3O. The highest BCUT2D eigenvalue weighted by Crippen LogP contribution is 2.17. The number of nitrogens with two attached hydrogens (primary N) is 1. The van der Waals surface area contributed by atoms with Gasteiger partial charge in [-0.2, -0.15) is 0 Å². The summed E-state index contributed by atoms with van der Waals surface area (Å²) in [6.45, 7) is 2.50. The van der Waals surface area contributed by atoms with Gasteiger partial charge in [-0.3, -0.25) is 4.79 Å². The van der Waals surface area contributed by atoms with Crippen LogP contribution in [0.4, 0.5) is 0 Å². The summed E-state index contributed by atoms with van der Waals surface area (Å²) in [5.74, 6) is 0.869. The van der Waals surface area contributed by atoms with E-state index in [0.717, 1.165) is 42.8 Å². The van der Waals surface area contributed by atoms with Gasteiger partial charge >= 0.3 is 0 Å². The molecule has 1 aliphatic rings. The molecule has 1 aromatic rings. The van der Waals surface area contributed by atoms with Gasteiger partial charge in [-0.1, -0.05) is 6.92 Å². The molecule has 0 bridgehead atoms. The first kappa shape index (κ1) is 10.4. The Morgan fingerprint density at radius 2 is 2.20 bits per heavy atom. The molecule has 1 unspecified atom stereocenters. The van der Waals surface area contributed by atoms with E-state index in [1.165, 1.54) is 0 Å². The number of hydrogen-bond donors (Lipinski definition) is 2. The number of H-pyrrole nitrogens is 1. The zero-order valence-electron chi connectivity index (χ0n) is 9.05. The number of aryl methyl sites for hydroxylation is 1. The fraction of sp³-hybridized carbons (Fsp3) is 0.636. The lowest BCUT2D eigenvalue weighted by molar-refractivity contribution is 0.626. The van der Waals surface area contributed by atoms with Gasteiger partial charge in [0.15, 0.2) is 0 Å². The molecule has 1 heterocycles. The number of hydrogen-bond acceptors (Lipinski definition) is 3. The summed E-state index contributed by atoms with van der Waals surface area (Å²) < 4.78 is 0. The summed E-state index contributed by atoms with van der Waals surface area (Å²) in [4.78, 5) is 19.1. The summed E-state index contributed by atoms with van der Waals surface area (Å²) in [5, 5.41) is 0. The monoisotopic (exact) mass is 207 g/mol. The maximum Gasteiger partial charge on any atom is 0.254 e. The smallest absolute Gasteiger partial charge is 0.254 e. The molecule has 1 atom stereocenters. The second-order valence-corrected chi connectivity index (χ2v) is 4.22. The summed E-state index contributed by atoms with van der Waals surface area (Å²) in [5.41, 5.74) is 7.48. The molecule has 0 radical (unpaired) electrons. The molecule has 0 amide bonds. The minimum Gasteiger partial charge on any atom is -0.330 e. The summed E-state index contributed by atoms with van der Waals surface area (Å²) in [6.07, 6.45) is 4.04. The van der Waals surface area contributed by atoms with Crippen LogP contribution < -0.4 is 11.3 Å². The highest BCUT2D eigenvalue weighted by atomic mass is 16.1. The third-order valence-corrected chi connectivity index (χ3v) is 3.03. The van der Waals surface area contributed by atoms with Crippen LogP contribution in [-0.2, 0) is 12.8 Å². The molecule has 0 aliphatic heterocycles. The van der Waals surface area contributed by atoms with Gasteiger partial charge in [0.1, 0.15) is 5.82 Å². The van der Waals surface area contributed by atoms with E-state index < -0.39 is 0 Å². The largest absolute Gasteiger partial charge is 0.330 e. The van der Waals surface area contributed by atoms with Gasteiger partial charge < -0.3 is 10.7 Å². The van der Waals surface area contributed by atoms with Gasteiger partial charge in [-0.25, -0.2) is 4.98 Å². The van der Waals surface area contributed by atoms with Crippen LogP contribution in [0.15, 0.2) is 4.79 Å². The topological polar surface area (TPSA) is 71.8 Å². The van der Waals surface area contributed by atoms with E-state index in [9.17, 15) is 4.79 Å². The Bertz CT molecular complexity index is 411. The van der Waals surface area contributed by atoms with E-state index >= 15 is 0 Å². The van der Waals surface area contributed by atoms with Gasteiger partial charge in [0, 0.05) is 18.0 Å². The summed E-state index contributed by atoms with van der Waals surface area (Å²) >= 11 is 0. The average molecular weight is 207 g/mol. The van der Waals surface area contributed by atoms with Crippen molar-refractivity contribution in [2.24, 2.45) is 5.73 Å². The Kier molecular flexibility index (Phi) is 2.86. The van der Waals surface area contributed by atoms with E-state index in [1.807, 2.05) is 6.92 Å². The molecular weight excluding hydrogens is 190 g/mol. The number of rotatable bonds is 2. The van der Waals surface area contributed by atoms with E-state index in [2.05, 4.69) is 9.97 Å². The van der Waals surface area contributed by atoms with Crippen molar-refractivity contribution in [1.82, 2.24) is 9.97 Å². The molecule has 1 aliphatic carbocycles. The molecule has 1 aromatic heterocycles. The zero-order chi connectivity index (χ0) is 10.8. The maximum absolute atomic E-state index is 11.8. The van der Waals surface area contributed by atoms with Gasteiger partial charge in [-0.05, 0) is 25.7 Å². The third-order valence-electron chi connectivity index (χ3n) is 3.03. The number of aromatic nitrogens is 2. The fourth-order valence-electron chi connectivity index (χ4n) is 1.97. The third kappa shape index (κ3) is 1.95. The lowest BCUT2D eigenvalue weighted by atomic mass is 9.97. The zero-order valence-corrected chi connectivity index (χ0v) is 9.05. The molecule has 4 heteroatoms. The Hall–Kier alpha value is -1.16. The van der Waals surface area contributed by atoms with Crippen molar-refractivity contribution < 1.29 is 0 Å². The number of nitrogens with zero attached hydrogens (tertiary/aromatic N) is 1. The summed E-state index contributed by atoms with van der Waals surface area (Å²) in [7, 11) is 0. The standard InChI is InChI=1S/C11H17N3O/c1-7(6-12)10-13-9-5-3-2-4-8(9)11(15)14-10/h7H,2-6,12H2,1H3,(H,13,14,15). The Morgan fingerprint density at radius 1 is 1.47 bits per heavy atom.